The predicted octanol–water partition coefficient (Wildman–Crippen LogP) is 2.21. The maximum absolute atomic E-state index is 11.1. The monoisotopic (exact) mass is 338 g/mol. The number of halogens is 1. The fourth-order valence-electron chi connectivity index (χ4n) is 2.82. The molecule has 1 aromatic carbocycles. The summed E-state index contributed by atoms with van der Waals surface area (Å²) in [6, 6.07) is 11.0. The first-order chi connectivity index (χ1) is 10.6. The van der Waals surface area contributed by atoms with Gasteiger partial charge in [-0.05, 0) is 18.2 Å². The number of para-hydroxylation sites is 2. The summed E-state index contributed by atoms with van der Waals surface area (Å²) in [7, 11) is 0. The van der Waals surface area contributed by atoms with Gasteiger partial charge in [-0.1, -0.05) is 23.7 Å². The molecule has 2 aromatic rings. The van der Waals surface area contributed by atoms with Gasteiger partial charge in [-0.25, -0.2) is 0 Å². The highest BCUT2D eigenvalue weighted by Crippen LogP contribution is 2.27. The fraction of sp³-hybridized carbons (Fsp3) is 0.333. The third-order valence-corrected chi connectivity index (χ3v) is 5.17. The van der Waals surface area contributed by atoms with Gasteiger partial charge < -0.3 is 9.80 Å². The summed E-state index contributed by atoms with van der Waals surface area (Å²) in [5.41, 5.74) is 0.918. The van der Waals surface area contributed by atoms with Gasteiger partial charge in [0.15, 0.2) is 0 Å². The molecule has 1 N–H and O–H groups in total. The first-order valence-electron chi connectivity index (χ1n) is 7.19. The molecule has 1 aliphatic heterocycles. The van der Waals surface area contributed by atoms with E-state index in [-0.39, 0.29) is 10.6 Å². The van der Waals surface area contributed by atoms with Crippen LogP contribution in [-0.4, -0.2) is 31.1 Å². The molecule has 0 amide bonds. The van der Waals surface area contributed by atoms with Crippen LogP contribution in [0, 0.1) is 10.1 Å². The molecular formula is C15H17ClN3O2S+. The van der Waals surface area contributed by atoms with Crippen LogP contribution in [0.5, 0.6) is 0 Å². The third kappa shape index (κ3) is 3.40. The summed E-state index contributed by atoms with van der Waals surface area (Å²) in [4.78, 5) is 15.7. The van der Waals surface area contributed by atoms with Crippen molar-refractivity contribution < 1.29 is 9.82 Å². The number of piperazine rings is 1. The van der Waals surface area contributed by atoms with Crippen molar-refractivity contribution in [2.75, 3.05) is 31.1 Å². The molecule has 0 atom stereocenters. The van der Waals surface area contributed by atoms with Crippen molar-refractivity contribution in [3.63, 3.8) is 0 Å². The van der Waals surface area contributed by atoms with E-state index in [1.54, 1.807) is 23.5 Å². The molecule has 116 valence electrons. The smallest absolute Gasteiger partial charge is 0.292 e. The zero-order valence-electron chi connectivity index (χ0n) is 12.0. The van der Waals surface area contributed by atoms with E-state index in [1.165, 1.54) is 9.78 Å². The summed E-state index contributed by atoms with van der Waals surface area (Å²) < 4.78 is 0.827. The lowest BCUT2D eigenvalue weighted by Crippen LogP contribution is -3.13. The number of nitro benzene ring substituents is 1. The average molecular weight is 339 g/mol. The van der Waals surface area contributed by atoms with Crippen LogP contribution in [0.3, 0.4) is 0 Å². The van der Waals surface area contributed by atoms with E-state index in [0.29, 0.717) is 0 Å². The first kappa shape index (κ1) is 15.3. The number of benzene rings is 1. The number of nitrogens with one attached hydrogen (secondary N) is 1. The topological polar surface area (TPSA) is 50.8 Å². The van der Waals surface area contributed by atoms with Gasteiger partial charge in [-0.2, -0.15) is 0 Å². The lowest BCUT2D eigenvalue weighted by atomic mass is 10.2. The molecule has 0 saturated carbocycles. The van der Waals surface area contributed by atoms with Crippen molar-refractivity contribution in [2.45, 2.75) is 6.54 Å². The summed E-state index contributed by atoms with van der Waals surface area (Å²) >= 11 is 7.59. The highest BCUT2D eigenvalue weighted by molar-refractivity contribution is 7.16. The van der Waals surface area contributed by atoms with Crippen molar-refractivity contribution in [3.05, 3.63) is 55.7 Å². The van der Waals surface area contributed by atoms with Crippen molar-refractivity contribution in [1.82, 2.24) is 0 Å². The Kier molecular flexibility index (Phi) is 4.61. The first-order valence-corrected chi connectivity index (χ1v) is 8.39. The molecule has 1 aromatic heterocycles. The van der Waals surface area contributed by atoms with Crippen molar-refractivity contribution in [2.24, 2.45) is 0 Å². The second-order valence-electron chi connectivity index (χ2n) is 5.37. The number of hydrogen-bond donors (Lipinski definition) is 1. The highest BCUT2D eigenvalue weighted by Gasteiger charge is 2.25. The summed E-state index contributed by atoms with van der Waals surface area (Å²) in [6.07, 6.45) is 0. The van der Waals surface area contributed by atoms with Crippen molar-refractivity contribution >= 4 is 34.3 Å². The van der Waals surface area contributed by atoms with E-state index in [0.717, 1.165) is 42.7 Å². The van der Waals surface area contributed by atoms with Gasteiger partial charge >= 0.3 is 0 Å². The van der Waals surface area contributed by atoms with E-state index in [1.807, 2.05) is 18.2 Å². The predicted molar refractivity (Wildman–Crippen MR) is 89.0 cm³/mol. The average Bonchev–Trinajstić information content (AvgIpc) is 2.93. The van der Waals surface area contributed by atoms with Gasteiger partial charge in [0, 0.05) is 6.07 Å². The number of nitro groups is 1. The molecule has 5 nitrogen and oxygen atoms in total. The van der Waals surface area contributed by atoms with Crippen LogP contribution < -0.4 is 9.80 Å². The highest BCUT2D eigenvalue weighted by atomic mass is 35.5. The minimum Gasteiger partial charge on any atom is -0.355 e. The van der Waals surface area contributed by atoms with Gasteiger partial charge in [0.25, 0.3) is 5.69 Å². The van der Waals surface area contributed by atoms with Gasteiger partial charge in [-0.3, -0.25) is 10.1 Å². The number of hydrogen-bond acceptors (Lipinski definition) is 4. The standard InChI is InChI=1S/C15H16ClN3O2S/c16-15-6-5-12(22-15)11-17-7-9-18(10-8-17)13-3-1-2-4-14(13)19(20)21/h1-6H,7-11H2/p+1. The van der Waals surface area contributed by atoms with E-state index in [2.05, 4.69) is 11.0 Å². The summed E-state index contributed by atoms with van der Waals surface area (Å²) in [5.74, 6) is 0. The third-order valence-electron chi connectivity index (χ3n) is 3.94. The minimum atomic E-state index is -0.303. The number of quaternary nitrogens is 1. The van der Waals surface area contributed by atoms with Gasteiger partial charge in [-0.15, -0.1) is 11.3 Å². The zero-order chi connectivity index (χ0) is 15.5. The van der Waals surface area contributed by atoms with Crippen LogP contribution in [0.2, 0.25) is 4.34 Å². The molecule has 1 saturated heterocycles. The molecule has 22 heavy (non-hydrogen) atoms. The Balaban J connectivity index is 1.63. The summed E-state index contributed by atoms with van der Waals surface area (Å²) in [6.45, 7) is 4.59. The van der Waals surface area contributed by atoms with Crippen LogP contribution in [-0.2, 0) is 6.54 Å². The largest absolute Gasteiger partial charge is 0.355 e. The Morgan fingerprint density at radius 1 is 1.23 bits per heavy atom. The quantitative estimate of drug-likeness (QED) is 0.687. The molecule has 0 bridgehead atoms. The molecule has 3 rings (SSSR count). The second-order valence-corrected chi connectivity index (χ2v) is 7.17. The molecule has 7 heteroatoms. The Morgan fingerprint density at radius 2 is 1.95 bits per heavy atom. The Hall–Kier alpha value is -1.63. The number of thiophene rings is 1. The van der Waals surface area contributed by atoms with Gasteiger partial charge in [0.1, 0.15) is 12.2 Å². The van der Waals surface area contributed by atoms with Crippen LogP contribution in [0.4, 0.5) is 11.4 Å². The number of nitrogens with zero attached hydrogens (tertiary/aromatic N) is 2. The van der Waals surface area contributed by atoms with E-state index in [4.69, 9.17) is 11.6 Å². The van der Waals surface area contributed by atoms with E-state index < -0.39 is 0 Å². The molecule has 0 spiro atoms. The van der Waals surface area contributed by atoms with Crippen LogP contribution in [0.25, 0.3) is 0 Å². The summed E-state index contributed by atoms with van der Waals surface area (Å²) in [5, 5.41) is 11.1. The zero-order valence-corrected chi connectivity index (χ0v) is 13.6. The lowest BCUT2D eigenvalue weighted by Gasteiger charge is -2.33. The Labute approximate surface area is 137 Å². The van der Waals surface area contributed by atoms with Gasteiger partial charge in [0.2, 0.25) is 0 Å². The SMILES string of the molecule is O=[N+]([O-])c1ccccc1N1CC[NH+](Cc2ccc(Cl)s2)CC1. The van der Waals surface area contributed by atoms with Crippen molar-refractivity contribution in [1.29, 1.82) is 0 Å². The number of anilines is 1. The van der Waals surface area contributed by atoms with Crippen molar-refractivity contribution in [3.8, 4) is 0 Å². The Bertz CT molecular complexity index is 668. The van der Waals surface area contributed by atoms with Crippen LogP contribution in [0.15, 0.2) is 36.4 Å². The van der Waals surface area contributed by atoms with Crippen LogP contribution in [0.1, 0.15) is 4.88 Å². The minimum absolute atomic E-state index is 0.191. The molecule has 0 aliphatic carbocycles. The number of rotatable bonds is 4. The normalized spacial score (nSPS) is 16.0. The molecule has 1 fully saturated rings. The second kappa shape index (κ2) is 6.64. The van der Waals surface area contributed by atoms with Gasteiger partial charge in [0.05, 0.1) is 40.3 Å². The molecule has 1 aliphatic rings. The molecular weight excluding hydrogens is 322 g/mol. The maximum Gasteiger partial charge on any atom is 0.292 e. The maximum atomic E-state index is 11.1. The fourth-order valence-corrected chi connectivity index (χ4v) is 3.98. The van der Waals surface area contributed by atoms with E-state index >= 15 is 0 Å². The molecule has 0 unspecified atom stereocenters. The lowest BCUT2D eigenvalue weighted by molar-refractivity contribution is -0.914. The Morgan fingerprint density at radius 3 is 2.59 bits per heavy atom. The van der Waals surface area contributed by atoms with E-state index in [9.17, 15) is 10.1 Å². The molecule has 0 radical (unpaired) electrons. The van der Waals surface area contributed by atoms with Crippen LogP contribution >= 0.6 is 22.9 Å². The molecule has 2 heterocycles.